The second-order valence-corrected chi connectivity index (χ2v) is 18.6. The van der Waals surface area contributed by atoms with E-state index in [4.69, 9.17) is 14.8 Å². The third-order valence-corrected chi connectivity index (χ3v) is 12.2. The van der Waals surface area contributed by atoms with Crippen LogP contribution in [0.2, 0.25) is 0 Å². The Kier molecular flexibility index (Phi) is 15.3. The maximum Gasteiger partial charge on any atom is 1.00 e. The molecule has 0 saturated carbocycles. The molecular formula is C36H44KN5O10S3. The average molecular weight is 842 g/mol. The van der Waals surface area contributed by atoms with Crippen molar-refractivity contribution in [2.24, 2.45) is 4.99 Å². The fourth-order valence-electron chi connectivity index (χ4n) is 6.68. The van der Waals surface area contributed by atoms with Crippen LogP contribution in [0, 0.1) is 0 Å². The molecule has 0 spiro atoms. The number of hydrogen-bond acceptors (Lipinski definition) is 14. The molecule has 0 unspecified atom stereocenters. The number of fused-ring (bicyclic) bond motifs is 2. The SMILES string of the molecule is CC1(C)C(/C=C/C=C2/N(CCCCS(=O)(=O)[O-])c3ncc(SCCC(=O)ON4C(=O)CCC4=O)cc3C2(C)C)=Nc2c1ccc[n+]2CCCCS(=O)(=O)[O-].[K+]. The third-order valence-electron chi connectivity index (χ3n) is 9.64. The van der Waals surface area contributed by atoms with E-state index in [0.717, 1.165) is 33.2 Å². The van der Waals surface area contributed by atoms with E-state index < -0.39 is 60.4 Å². The monoisotopic (exact) mass is 841 g/mol. The van der Waals surface area contributed by atoms with Crippen molar-refractivity contribution in [3.05, 3.63) is 65.6 Å². The maximum absolute atomic E-state index is 12.3. The number of aryl methyl sites for hydroxylation is 1. The number of hydrogen-bond donors (Lipinski definition) is 0. The molecule has 0 N–H and O–H groups in total. The maximum atomic E-state index is 12.3. The summed E-state index contributed by atoms with van der Waals surface area (Å²) in [5, 5.41) is 0.531. The van der Waals surface area contributed by atoms with Crippen molar-refractivity contribution in [3.63, 3.8) is 0 Å². The Labute approximate surface area is 368 Å². The zero-order chi connectivity index (χ0) is 39.5. The van der Waals surface area contributed by atoms with Gasteiger partial charge in [-0.05, 0) is 74.9 Å². The summed E-state index contributed by atoms with van der Waals surface area (Å²) in [4.78, 5) is 53.4. The van der Waals surface area contributed by atoms with E-state index >= 15 is 0 Å². The van der Waals surface area contributed by atoms with Gasteiger partial charge in [-0.15, -0.1) is 16.8 Å². The van der Waals surface area contributed by atoms with E-state index in [1.54, 1.807) is 6.20 Å². The van der Waals surface area contributed by atoms with E-state index in [1.165, 1.54) is 11.8 Å². The number of nitrogens with zero attached hydrogens (tertiary/aromatic N) is 5. The Morgan fingerprint density at radius 2 is 1.64 bits per heavy atom. The Morgan fingerprint density at radius 1 is 0.982 bits per heavy atom. The predicted octanol–water partition coefficient (Wildman–Crippen LogP) is 0.715. The number of rotatable bonds is 17. The number of amides is 2. The molecule has 3 aliphatic rings. The van der Waals surface area contributed by atoms with Crippen LogP contribution in [0.1, 0.15) is 83.8 Å². The summed E-state index contributed by atoms with van der Waals surface area (Å²) in [6.45, 7) is 9.17. The van der Waals surface area contributed by atoms with Gasteiger partial charge in [-0.1, -0.05) is 19.9 Å². The average Bonchev–Trinajstić information content (AvgIpc) is 3.61. The molecule has 0 aliphatic carbocycles. The summed E-state index contributed by atoms with van der Waals surface area (Å²) in [6.07, 6.45) is 10.8. The molecule has 2 amide bonds. The largest absolute Gasteiger partial charge is 1.00 e. The van der Waals surface area contributed by atoms with Crippen molar-refractivity contribution in [1.82, 2.24) is 10.0 Å². The molecule has 0 bridgehead atoms. The van der Waals surface area contributed by atoms with Crippen LogP contribution >= 0.6 is 11.8 Å². The topological polar surface area (TPSA) is 210 Å². The molecule has 3 aliphatic heterocycles. The van der Waals surface area contributed by atoms with Gasteiger partial charge in [-0.25, -0.2) is 31.2 Å². The van der Waals surface area contributed by atoms with E-state index in [1.807, 2.05) is 52.1 Å². The molecular weight excluding hydrogens is 798 g/mol. The van der Waals surface area contributed by atoms with Gasteiger partial charge in [0.05, 0.1) is 50.4 Å². The summed E-state index contributed by atoms with van der Waals surface area (Å²) in [5.41, 5.74) is 2.64. The summed E-state index contributed by atoms with van der Waals surface area (Å²) in [5.74, 6) is -0.862. The number of aliphatic imine (C=N–C) groups is 1. The number of aromatic nitrogens is 2. The number of hydroxylamine groups is 2. The van der Waals surface area contributed by atoms with Crippen molar-refractivity contribution in [3.8, 4) is 0 Å². The van der Waals surface area contributed by atoms with Crippen LogP contribution in [-0.2, 0) is 56.8 Å². The zero-order valence-electron chi connectivity index (χ0n) is 31.6. The van der Waals surface area contributed by atoms with Crippen LogP contribution in [0.3, 0.4) is 0 Å². The van der Waals surface area contributed by atoms with E-state index in [2.05, 4.69) is 27.7 Å². The summed E-state index contributed by atoms with van der Waals surface area (Å²) in [6, 6.07) is 5.93. The number of pyridine rings is 2. The van der Waals surface area contributed by atoms with Crippen LogP contribution in [0.5, 0.6) is 0 Å². The van der Waals surface area contributed by atoms with Crippen molar-refractivity contribution < 1.29 is 101 Å². The van der Waals surface area contributed by atoms with Gasteiger partial charge in [-0.2, -0.15) is 0 Å². The minimum Gasteiger partial charge on any atom is -0.748 e. The van der Waals surface area contributed by atoms with Crippen LogP contribution in [0.25, 0.3) is 0 Å². The number of unbranched alkanes of at least 4 members (excludes halogenated alkanes) is 2. The van der Waals surface area contributed by atoms with Crippen molar-refractivity contribution in [2.75, 3.05) is 28.7 Å². The molecule has 5 rings (SSSR count). The van der Waals surface area contributed by atoms with Crippen LogP contribution in [0.4, 0.5) is 11.6 Å². The number of allylic oxidation sites excluding steroid dienone is 4. The molecule has 0 atom stereocenters. The molecule has 15 nitrogen and oxygen atoms in total. The Morgan fingerprint density at radius 3 is 2.29 bits per heavy atom. The molecule has 1 fully saturated rings. The van der Waals surface area contributed by atoms with Crippen LogP contribution < -0.4 is 60.9 Å². The first-order valence-electron chi connectivity index (χ1n) is 17.6. The first-order chi connectivity index (χ1) is 25.3. The van der Waals surface area contributed by atoms with Gasteiger partial charge in [0.1, 0.15) is 5.82 Å². The van der Waals surface area contributed by atoms with Gasteiger partial charge < -0.3 is 18.8 Å². The third kappa shape index (κ3) is 11.4. The fourth-order valence-corrected chi connectivity index (χ4v) is 8.63. The fraction of sp³-hybridized carbons (Fsp3) is 0.500. The van der Waals surface area contributed by atoms with Crippen LogP contribution in [-0.4, -0.2) is 83.3 Å². The predicted molar refractivity (Wildman–Crippen MR) is 199 cm³/mol. The van der Waals surface area contributed by atoms with Crippen LogP contribution in [0.15, 0.2) is 64.4 Å². The minimum absolute atomic E-state index is 0. The van der Waals surface area contributed by atoms with Gasteiger partial charge in [0, 0.05) is 64.4 Å². The molecule has 19 heteroatoms. The van der Waals surface area contributed by atoms with Crippen molar-refractivity contribution in [2.45, 2.75) is 94.9 Å². The van der Waals surface area contributed by atoms with Gasteiger partial charge in [0.15, 0.2) is 5.71 Å². The van der Waals surface area contributed by atoms with Gasteiger partial charge in [0.2, 0.25) is 0 Å². The molecule has 2 aromatic heterocycles. The first-order valence-corrected chi connectivity index (χ1v) is 21.8. The van der Waals surface area contributed by atoms with Gasteiger partial charge in [0.25, 0.3) is 11.8 Å². The summed E-state index contributed by atoms with van der Waals surface area (Å²) < 4.78 is 69.0. The molecule has 1 saturated heterocycles. The number of imide groups is 1. The summed E-state index contributed by atoms with van der Waals surface area (Å²) >= 11 is 1.37. The van der Waals surface area contributed by atoms with Gasteiger partial charge >= 0.3 is 63.2 Å². The number of anilines is 1. The number of carbonyl (C=O) groups excluding carboxylic acids is 3. The Bertz CT molecular complexity index is 2120. The molecule has 2 aromatic rings. The van der Waals surface area contributed by atoms with E-state index in [0.29, 0.717) is 42.6 Å². The normalized spacial score (nSPS) is 18.1. The van der Waals surface area contributed by atoms with Crippen molar-refractivity contribution >= 4 is 67.1 Å². The van der Waals surface area contributed by atoms with Gasteiger partial charge in [-0.3, -0.25) is 9.59 Å². The zero-order valence-corrected chi connectivity index (χ0v) is 37.2. The molecule has 0 radical (unpaired) electrons. The number of thioether (sulfide) groups is 1. The molecule has 55 heavy (non-hydrogen) atoms. The standard InChI is InChI=1S/C36H45N5O10S3.K/c1-35(2)26-11-10-18-39(17-5-7-21-53(45,46)47)34(26)38-28(35)12-9-13-29-36(3,4)27-23-25(24-37-33(27)40(29)19-6-8-22-54(48,49)50)52-20-16-32(44)51-41-30(42)14-15-31(41)43;/h9-13,18,23-24H,5-8,14-17,19-22H2,1-4H3,(H-,45,46,47,48,49,50);/q;+1/p-1. The molecule has 292 valence electrons. The Balaban J connectivity index is 0.00000673. The Hall–Kier alpha value is -2.33. The second kappa shape index (κ2) is 18.5. The summed E-state index contributed by atoms with van der Waals surface area (Å²) in [7, 11) is -8.63. The van der Waals surface area contributed by atoms with E-state index in [9.17, 15) is 40.3 Å². The molecule has 0 aromatic carbocycles. The minimum atomic E-state index is -4.36. The smallest absolute Gasteiger partial charge is 0.748 e. The first kappa shape index (κ1) is 45.4. The molecule has 5 heterocycles. The number of carbonyl (C=O) groups is 3. The second-order valence-electron chi connectivity index (χ2n) is 14.4. The van der Waals surface area contributed by atoms with E-state index in [-0.39, 0.29) is 83.5 Å². The van der Waals surface area contributed by atoms with Crippen molar-refractivity contribution in [1.29, 1.82) is 0 Å². The quantitative estimate of drug-likeness (QED) is 0.0538.